The van der Waals surface area contributed by atoms with Crippen LogP contribution in [0.3, 0.4) is 0 Å². The van der Waals surface area contributed by atoms with Gasteiger partial charge in [-0.25, -0.2) is 0 Å². The number of fused-ring (bicyclic) bond motifs is 5. The van der Waals surface area contributed by atoms with Crippen molar-refractivity contribution in [2.24, 2.45) is 23.7 Å². The van der Waals surface area contributed by atoms with Crippen molar-refractivity contribution in [1.82, 2.24) is 0 Å². The highest BCUT2D eigenvalue weighted by Gasteiger charge is 2.66. The van der Waals surface area contributed by atoms with Gasteiger partial charge in [-0.15, -0.1) is 0 Å². The number of benzene rings is 2. The Morgan fingerprint density at radius 3 is 2.23 bits per heavy atom. The fourth-order valence-corrected chi connectivity index (χ4v) is 7.17. The predicted octanol–water partition coefficient (Wildman–Crippen LogP) is 4.53. The Morgan fingerprint density at radius 1 is 0.967 bits per heavy atom. The molecule has 3 fully saturated rings. The fraction of sp³-hybridized carbons (Fsp3) is 0.348. The zero-order valence-corrected chi connectivity index (χ0v) is 19.4. The van der Waals surface area contributed by atoms with Crippen molar-refractivity contribution >= 4 is 61.0 Å². The number of rotatable bonds is 3. The molecule has 2 bridgehead atoms. The highest BCUT2D eigenvalue weighted by Crippen LogP contribution is 2.60. The normalized spacial score (nSPS) is 31.9. The second kappa shape index (κ2) is 7.31. The Balaban J connectivity index is 1.42. The van der Waals surface area contributed by atoms with Gasteiger partial charge in [-0.1, -0.05) is 56.1 Å². The molecule has 7 heteroatoms. The number of amides is 3. The first-order valence-electron chi connectivity index (χ1n) is 10.0. The molecule has 5 rings (SSSR count). The largest absolute Gasteiger partial charge is 0.322 e. The number of anilines is 2. The number of hydrogen-bond donors (Lipinski definition) is 1. The van der Waals surface area contributed by atoms with Gasteiger partial charge in [0.05, 0.1) is 17.5 Å². The summed E-state index contributed by atoms with van der Waals surface area (Å²) in [6.07, 6.45) is 0.894. The monoisotopic (exact) mass is 530 g/mol. The van der Waals surface area contributed by atoms with Crippen molar-refractivity contribution in [3.8, 4) is 0 Å². The number of imide groups is 1. The van der Waals surface area contributed by atoms with Crippen LogP contribution >= 0.6 is 31.9 Å². The molecule has 5 nitrogen and oxygen atoms in total. The van der Waals surface area contributed by atoms with Crippen LogP contribution in [0.4, 0.5) is 11.4 Å². The van der Waals surface area contributed by atoms with E-state index in [1.165, 1.54) is 4.90 Å². The summed E-state index contributed by atoms with van der Waals surface area (Å²) >= 11 is 7.41. The molecule has 1 N–H and O–H groups in total. The van der Waals surface area contributed by atoms with Crippen LogP contribution in [0.5, 0.6) is 0 Å². The van der Waals surface area contributed by atoms with Crippen molar-refractivity contribution in [1.29, 1.82) is 0 Å². The lowest BCUT2D eigenvalue weighted by molar-refractivity contribution is -0.123. The molecule has 1 heterocycles. The van der Waals surface area contributed by atoms with Crippen molar-refractivity contribution < 1.29 is 14.4 Å². The molecule has 154 valence electrons. The Labute approximate surface area is 191 Å². The van der Waals surface area contributed by atoms with E-state index in [4.69, 9.17) is 0 Å². The summed E-state index contributed by atoms with van der Waals surface area (Å²) in [5, 5.41) is 2.90. The summed E-state index contributed by atoms with van der Waals surface area (Å²) in [5.41, 5.74) is 2.57. The molecule has 1 aliphatic heterocycles. The standard InChI is InChI=1S/C23H20Br2N2O3/c1-11-5-2-3-8-16(11)26-21(28)12-6-4-7-13(9-12)27-22(29)17-14-10-15(18(17)23(27)30)20(25)19(14)24/h2-9,14-15,17-20H,10H2,1H3,(H,26,28)/t14-,15-,17-,18-,19-,20+/m0/s1. The molecule has 2 aliphatic carbocycles. The summed E-state index contributed by atoms with van der Waals surface area (Å²) in [5.74, 6) is -0.769. The van der Waals surface area contributed by atoms with Crippen LogP contribution in [0, 0.1) is 30.6 Å². The van der Waals surface area contributed by atoms with Crippen LogP contribution in [-0.4, -0.2) is 27.4 Å². The molecular weight excluding hydrogens is 512 g/mol. The number of carbonyl (C=O) groups excluding carboxylic acids is 3. The molecule has 0 aromatic heterocycles. The molecule has 0 unspecified atom stereocenters. The maximum Gasteiger partial charge on any atom is 0.255 e. The van der Waals surface area contributed by atoms with Crippen molar-refractivity contribution in [2.45, 2.75) is 23.0 Å². The van der Waals surface area contributed by atoms with E-state index in [1.54, 1.807) is 24.3 Å². The number of aryl methyl sites for hydroxylation is 1. The number of halogens is 2. The maximum atomic E-state index is 13.2. The zero-order valence-electron chi connectivity index (χ0n) is 16.2. The van der Waals surface area contributed by atoms with Crippen LogP contribution in [0.15, 0.2) is 48.5 Å². The first kappa shape index (κ1) is 19.9. The van der Waals surface area contributed by atoms with Gasteiger partial charge in [0, 0.05) is 20.9 Å². The Morgan fingerprint density at radius 2 is 1.60 bits per heavy atom. The summed E-state index contributed by atoms with van der Waals surface area (Å²) in [7, 11) is 0. The third-order valence-corrected chi connectivity index (χ3v) is 9.95. The van der Waals surface area contributed by atoms with E-state index in [0.717, 1.165) is 17.7 Å². The van der Waals surface area contributed by atoms with Gasteiger partial charge in [-0.05, 0) is 55.0 Å². The van der Waals surface area contributed by atoms with Gasteiger partial charge in [0.15, 0.2) is 0 Å². The minimum absolute atomic E-state index is 0.141. The average Bonchev–Trinajstić information content (AvgIpc) is 3.34. The average molecular weight is 532 g/mol. The Kier molecular flexibility index (Phi) is 4.86. The molecule has 3 aliphatic rings. The van der Waals surface area contributed by atoms with Gasteiger partial charge < -0.3 is 5.32 Å². The van der Waals surface area contributed by atoms with Crippen molar-refractivity contribution in [2.75, 3.05) is 10.2 Å². The van der Waals surface area contributed by atoms with Gasteiger partial charge in [-0.2, -0.15) is 0 Å². The molecule has 1 saturated heterocycles. The third-order valence-electron chi connectivity index (χ3n) is 6.75. The lowest BCUT2D eigenvalue weighted by Gasteiger charge is -2.28. The maximum absolute atomic E-state index is 13.2. The molecule has 2 aromatic rings. The molecule has 3 amide bonds. The molecular formula is C23H20Br2N2O3. The molecule has 2 aromatic carbocycles. The van der Waals surface area contributed by atoms with Gasteiger partial charge >= 0.3 is 0 Å². The number of carbonyl (C=O) groups is 3. The molecule has 30 heavy (non-hydrogen) atoms. The minimum Gasteiger partial charge on any atom is -0.322 e. The number of hydrogen-bond acceptors (Lipinski definition) is 3. The second-order valence-electron chi connectivity index (χ2n) is 8.34. The lowest BCUT2D eigenvalue weighted by atomic mass is 9.81. The second-order valence-corrected chi connectivity index (χ2v) is 10.4. The molecule has 0 spiro atoms. The van der Waals surface area contributed by atoms with Gasteiger partial charge in [0.25, 0.3) is 5.91 Å². The quantitative estimate of drug-likeness (QED) is 0.467. The van der Waals surface area contributed by atoms with Gasteiger partial charge in [0.1, 0.15) is 0 Å². The highest BCUT2D eigenvalue weighted by atomic mass is 79.9. The van der Waals surface area contributed by atoms with Gasteiger partial charge in [-0.3, -0.25) is 19.3 Å². The van der Waals surface area contributed by atoms with E-state index in [2.05, 4.69) is 37.2 Å². The van der Waals surface area contributed by atoms with Crippen LogP contribution < -0.4 is 10.2 Å². The molecule has 0 radical (unpaired) electrons. The Hall–Kier alpha value is -1.99. The summed E-state index contributed by atoms with van der Waals surface area (Å²) in [4.78, 5) is 40.9. The first-order valence-corrected chi connectivity index (χ1v) is 11.8. The van der Waals surface area contributed by atoms with E-state index in [-0.39, 0.29) is 51.0 Å². The summed E-state index contributed by atoms with van der Waals surface area (Å²) in [6, 6.07) is 14.3. The number of alkyl halides is 2. The van der Waals surface area contributed by atoms with Crippen LogP contribution in [0.2, 0.25) is 0 Å². The van der Waals surface area contributed by atoms with E-state index in [1.807, 2.05) is 31.2 Å². The SMILES string of the molecule is Cc1ccccc1NC(=O)c1cccc(N2C(=O)[C@H]3[C@@H]4C[C@H]([C@@H](Br)[C@H]4Br)[C@@H]3C2=O)c1. The zero-order chi connectivity index (χ0) is 21.2. The van der Waals surface area contributed by atoms with E-state index < -0.39 is 0 Å². The minimum atomic E-state index is -0.273. The third kappa shape index (κ3) is 2.89. The highest BCUT2D eigenvalue weighted by molar-refractivity contribution is 9.12. The lowest BCUT2D eigenvalue weighted by Crippen LogP contribution is -2.37. The summed E-state index contributed by atoms with van der Waals surface area (Å²) in [6.45, 7) is 1.93. The van der Waals surface area contributed by atoms with E-state index in [9.17, 15) is 14.4 Å². The Bertz CT molecular complexity index is 1040. The fourth-order valence-electron chi connectivity index (χ4n) is 5.30. The number of nitrogens with one attached hydrogen (secondary N) is 1. The van der Waals surface area contributed by atoms with Crippen LogP contribution in [-0.2, 0) is 9.59 Å². The number of nitrogens with zero attached hydrogens (tertiary/aromatic N) is 1. The van der Waals surface area contributed by atoms with Crippen LogP contribution in [0.25, 0.3) is 0 Å². The van der Waals surface area contributed by atoms with E-state index >= 15 is 0 Å². The van der Waals surface area contributed by atoms with Crippen LogP contribution in [0.1, 0.15) is 22.3 Å². The van der Waals surface area contributed by atoms with E-state index in [0.29, 0.717) is 11.3 Å². The molecule has 2 saturated carbocycles. The van der Waals surface area contributed by atoms with Crippen molar-refractivity contribution in [3.63, 3.8) is 0 Å². The molecule has 6 atom stereocenters. The smallest absolute Gasteiger partial charge is 0.255 e. The topological polar surface area (TPSA) is 66.5 Å². The predicted molar refractivity (Wildman–Crippen MR) is 122 cm³/mol. The summed E-state index contributed by atoms with van der Waals surface area (Å²) < 4.78 is 0. The van der Waals surface area contributed by atoms with Gasteiger partial charge in [0.2, 0.25) is 11.8 Å². The number of para-hydroxylation sites is 1. The van der Waals surface area contributed by atoms with Crippen molar-refractivity contribution in [3.05, 3.63) is 59.7 Å². The first-order chi connectivity index (χ1) is 14.4.